The number of aliphatic carboxylic acids is 1. The molecule has 0 aromatic heterocycles. The number of aryl methyl sites for hydroxylation is 1. The van der Waals surface area contributed by atoms with Crippen molar-refractivity contribution in [3.05, 3.63) is 29.8 Å². The molecule has 2 rings (SSSR count). The van der Waals surface area contributed by atoms with Gasteiger partial charge in [0.25, 0.3) is 0 Å². The summed E-state index contributed by atoms with van der Waals surface area (Å²) < 4.78 is 5.08. The van der Waals surface area contributed by atoms with Crippen molar-refractivity contribution in [2.24, 2.45) is 0 Å². The molecule has 0 spiro atoms. The van der Waals surface area contributed by atoms with E-state index in [1.807, 2.05) is 19.1 Å². The monoisotopic (exact) mass is 278 g/mol. The zero-order valence-electron chi connectivity index (χ0n) is 11.3. The molecule has 1 aromatic rings. The number of hydrogen-bond donors (Lipinski definition) is 3. The first-order valence-corrected chi connectivity index (χ1v) is 6.55. The number of amides is 2. The largest absolute Gasteiger partial charge is 0.479 e. The maximum atomic E-state index is 11.9. The fourth-order valence-electron chi connectivity index (χ4n) is 2.09. The number of carbonyl (C=O) groups is 2. The van der Waals surface area contributed by atoms with E-state index in [-0.39, 0.29) is 13.0 Å². The van der Waals surface area contributed by atoms with Crippen molar-refractivity contribution in [1.82, 2.24) is 5.32 Å². The van der Waals surface area contributed by atoms with Crippen molar-refractivity contribution in [3.8, 4) is 0 Å². The van der Waals surface area contributed by atoms with Crippen molar-refractivity contribution < 1.29 is 19.4 Å². The molecule has 2 amide bonds. The van der Waals surface area contributed by atoms with E-state index in [0.717, 1.165) is 6.42 Å². The second-order valence-electron chi connectivity index (χ2n) is 4.82. The van der Waals surface area contributed by atoms with Crippen molar-refractivity contribution in [2.45, 2.75) is 25.3 Å². The van der Waals surface area contributed by atoms with Crippen LogP contribution in [0.2, 0.25) is 0 Å². The second kappa shape index (κ2) is 5.92. The quantitative estimate of drug-likeness (QED) is 0.781. The average Bonchev–Trinajstić information content (AvgIpc) is 2.89. The molecular formula is C14H18N2O4. The maximum Gasteiger partial charge on any atom is 0.332 e. The highest BCUT2D eigenvalue weighted by atomic mass is 16.5. The smallest absolute Gasteiger partial charge is 0.332 e. The average molecular weight is 278 g/mol. The molecule has 3 N–H and O–H groups in total. The normalized spacial score (nSPS) is 21.4. The summed E-state index contributed by atoms with van der Waals surface area (Å²) in [5, 5.41) is 14.3. The number of hydrogen-bond acceptors (Lipinski definition) is 3. The first-order chi connectivity index (χ1) is 9.55. The lowest BCUT2D eigenvalue weighted by molar-refractivity contribution is -0.144. The molecule has 1 fully saturated rings. The fourth-order valence-corrected chi connectivity index (χ4v) is 2.09. The Kier molecular flexibility index (Phi) is 4.24. The predicted octanol–water partition coefficient (Wildman–Crippen LogP) is 1.61. The van der Waals surface area contributed by atoms with Crippen LogP contribution in [0, 0.1) is 0 Å². The van der Waals surface area contributed by atoms with Gasteiger partial charge in [-0.2, -0.15) is 0 Å². The molecule has 20 heavy (non-hydrogen) atoms. The first-order valence-electron chi connectivity index (χ1n) is 6.55. The number of nitrogens with one attached hydrogen (secondary N) is 2. The lowest BCUT2D eigenvalue weighted by Crippen LogP contribution is -2.56. The van der Waals surface area contributed by atoms with E-state index in [1.54, 1.807) is 12.1 Å². The van der Waals surface area contributed by atoms with Crippen LogP contribution in [-0.2, 0) is 16.0 Å². The van der Waals surface area contributed by atoms with Gasteiger partial charge < -0.3 is 20.5 Å². The molecule has 0 radical (unpaired) electrons. The number of ether oxygens (including phenoxy) is 1. The van der Waals surface area contributed by atoms with Crippen LogP contribution in [0.4, 0.5) is 10.5 Å². The topological polar surface area (TPSA) is 87.7 Å². The molecule has 1 saturated heterocycles. The molecule has 1 aromatic carbocycles. The van der Waals surface area contributed by atoms with Gasteiger partial charge in [0.15, 0.2) is 5.54 Å². The highest BCUT2D eigenvalue weighted by molar-refractivity contribution is 5.94. The first kappa shape index (κ1) is 14.3. The van der Waals surface area contributed by atoms with Crippen LogP contribution in [0.3, 0.4) is 0 Å². The number of carboxylic acid groups (broad SMARTS) is 1. The Balaban J connectivity index is 1.99. The molecule has 1 unspecified atom stereocenters. The minimum absolute atomic E-state index is 0.00940. The van der Waals surface area contributed by atoms with Gasteiger partial charge in [0.1, 0.15) is 0 Å². The molecular weight excluding hydrogens is 260 g/mol. The molecule has 0 bridgehead atoms. The van der Waals surface area contributed by atoms with Crippen LogP contribution >= 0.6 is 0 Å². The lowest BCUT2D eigenvalue weighted by Gasteiger charge is -2.23. The third-order valence-corrected chi connectivity index (χ3v) is 3.40. The summed E-state index contributed by atoms with van der Waals surface area (Å²) in [5.74, 6) is -1.08. The fraction of sp³-hybridized carbons (Fsp3) is 0.429. The minimum atomic E-state index is -1.33. The van der Waals surface area contributed by atoms with Gasteiger partial charge in [0.05, 0.1) is 6.61 Å². The maximum absolute atomic E-state index is 11.9. The van der Waals surface area contributed by atoms with Crippen LogP contribution in [0.25, 0.3) is 0 Å². The number of anilines is 1. The third kappa shape index (κ3) is 3.08. The third-order valence-electron chi connectivity index (χ3n) is 3.40. The van der Waals surface area contributed by atoms with Gasteiger partial charge in [-0.3, -0.25) is 0 Å². The van der Waals surface area contributed by atoms with E-state index in [1.165, 1.54) is 5.56 Å². The van der Waals surface area contributed by atoms with Crippen LogP contribution in [0.1, 0.15) is 18.9 Å². The van der Waals surface area contributed by atoms with Crippen LogP contribution in [0.5, 0.6) is 0 Å². The van der Waals surface area contributed by atoms with E-state index < -0.39 is 17.5 Å². The van der Waals surface area contributed by atoms with Crippen LogP contribution in [0.15, 0.2) is 24.3 Å². The number of benzene rings is 1. The van der Waals surface area contributed by atoms with Gasteiger partial charge >= 0.3 is 12.0 Å². The summed E-state index contributed by atoms with van der Waals surface area (Å²) in [6, 6.07) is 6.87. The summed E-state index contributed by atoms with van der Waals surface area (Å²) in [6.07, 6.45) is 1.19. The van der Waals surface area contributed by atoms with Gasteiger partial charge in [0.2, 0.25) is 0 Å². The number of carboxylic acids is 1. The van der Waals surface area contributed by atoms with Crippen molar-refractivity contribution in [1.29, 1.82) is 0 Å². The van der Waals surface area contributed by atoms with Crippen molar-refractivity contribution in [3.63, 3.8) is 0 Å². The predicted molar refractivity (Wildman–Crippen MR) is 73.8 cm³/mol. The Bertz CT molecular complexity index is 492. The molecule has 108 valence electrons. The van der Waals surface area contributed by atoms with E-state index in [4.69, 9.17) is 4.74 Å². The Morgan fingerprint density at radius 1 is 1.35 bits per heavy atom. The van der Waals surface area contributed by atoms with E-state index >= 15 is 0 Å². The number of urea groups is 1. The Hall–Kier alpha value is -2.08. The Morgan fingerprint density at radius 3 is 2.55 bits per heavy atom. The van der Waals surface area contributed by atoms with Gasteiger partial charge in [-0.05, 0) is 24.1 Å². The number of rotatable bonds is 4. The molecule has 0 saturated carbocycles. The zero-order valence-corrected chi connectivity index (χ0v) is 11.3. The SMILES string of the molecule is CCc1ccc(NC(=O)NC2(C(=O)O)CCOC2)cc1. The summed E-state index contributed by atoms with van der Waals surface area (Å²) in [4.78, 5) is 23.2. The zero-order chi connectivity index (χ0) is 14.6. The molecule has 1 atom stereocenters. The Morgan fingerprint density at radius 2 is 2.05 bits per heavy atom. The van der Waals surface area contributed by atoms with Crippen LogP contribution in [-0.4, -0.2) is 35.9 Å². The molecule has 6 nitrogen and oxygen atoms in total. The molecule has 1 aliphatic heterocycles. The van der Waals surface area contributed by atoms with Gasteiger partial charge in [-0.25, -0.2) is 9.59 Å². The second-order valence-corrected chi connectivity index (χ2v) is 4.82. The Labute approximate surface area is 117 Å². The molecule has 6 heteroatoms. The lowest BCUT2D eigenvalue weighted by atomic mass is 9.99. The van der Waals surface area contributed by atoms with Crippen molar-refractivity contribution in [2.75, 3.05) is 18.5 Å². The van der Waals surface area contributed by atoms with E-state index in [9.17, 15) is 14.7 Å². The molecule has 1 heterocycles. The molecule has 1 aliphatic rings. The molecule has 0 aliphatic carbocycles. The van der Waals surface area contributed by atoms with Gasteiger partial charge in [0, 0.05) is 18.7 Å². The van der Waals surface area contributed by atoms with E-state index in [0.29, 0.717) is 12.3 Å². The standard InChI is InChI=1S/C14H18N2O4/c1-2-10-3-5-11(6-4-10)15-13(19)16-14(12(17)18)7-8-20-9-14/h3-6H,2,7-9H2,1H3,(H,17,18)(H2,15,16,19). The highest BCUT2D eigenvalue weighted by Gasteiger charge is 2.44. The van der Waals surface area contributed by atoms with Crippen molar-refractivity contribution >= 4 is 17.7 Å². The minimum Gasteiger partial charge on any atom is -0.479 e. The number of carbonyl (C=O) groups excluding carboxylic acids is 1. The summed E-state index contributed by atoms with van der Waals surface area (Å²) >= 11 is 0. The van der Waals surface area contributed by atoms with E-state index in [2.05, 4.69) is 10.6 Å². The van der Waals surface area contributed by atoms with Gasteiger partial charge in [-0.1, -0.05) is 19.1 Å². The summed E-state index contributed by atoms with van der Waals surface area (Å²) in [6.45, 7) is 2.37. The summed E-state index contributed by atoms with van der Waals surface area (Å²) in [7, 11) is 0. The van der Waals surface area contributed by atoms with Gasteiger partial charge in [-0.15, -0.1) is 0 Å². The highest BCUT2D eigenvalue weighted by Crippen LogP contribution is 2.19. The summed E-state index contributed by atoms with van der Waals surface area (Å²) in [5.41, 5.74) is 0.467. The van der Waals surface area contributed by atoms with Crippen LogP contribution < -0.4 is 10.6 Å².